The second-order valence-electron chi connectivity index (χ2n) is 4.58. The van der Waals surface area contributed by atoms with Gasteiger partial charge in [0.05, 0.1) is 16.9 Å². The molecule has 0 aliphatic heterocycles. The van der Waals surface area contributed by atoms with Crippen molar-refractivity contribution in [1.29, 1.82) is 0 Å². The molecule has 3 nitrogen and oxygen atoms in total. The highest BCUT2D eigenvalue weighted by atomic mass is 15.0. The molecule has 0 saturated heterocycles. The van der Waals surface area contributed by atoms with E-state index in [1.807, 2.05) is 6.07 Å². The van der Waals surface area contributed by atoms with Crippen LogP contribution in [0.25, 0.3) is 22.3 Å². The maximum atomic E-state index is 5.82. The minimum absolute atomic E-state index is 0.738. The lowest BCUT2D eigenvalue weighted by Crippen LogP contribution is -1.95. The number of anilines is 1. The van der Waals surface area contributed by atoms with Gasteiger partial charge in [-0.2, -0.15) is 0 Å². The zero-order valence-corrected chi connectivity index (χ0v) is 10.5. The summed E-state index contributed by atoms with van der Waals surface area (Å²) in [5, 5.41) is 1.23. The molecule has 0 bridgehead atoms. The normalized spacial score (nSPS) is 11.0. The van der Waals surface area contributed by atoms with E-state index in [1.165, 1.54) is 16.5 Å². The molecule has 90 valence electrons. The van der Waals surface area contributed by atoms with E-state index in [2.05, 4.69) is 47.8 Å². The van der Waals surface area contributed by atoms with Gasteiger partial charge in [-0.05, 0) is 30.7 Å². The number of pyridine rings is 1. The summed E-state index contributed by atoms with van der Waals surface area (Å²) >= 11 is 0. The Bertz CT molecular complexity index is 726. The van der Waals surface area contributed by atoms with Crippen LogP contribution in [-0.4, -0.2) is 9.55 Å². The summed E-state index contributed by atoms with van der Waals surface area (Å²) in [6.07, 6.45) is 1.75. The molecule has 0 unspecified atom stereocenters. The lowest BCUT2D eigenvalue weighted by atomic mass is 10.1. The van der Waals surface area contributed by atoms with Crippen LogP contribution in [0.5, 0.6) is 0 Å². The van der Waals surface area contributed by atoms with Gasteiger partial charge in [0.15, 0.2) is 0 Å². The SMILES string of the molecule is Cc1cccc2cc(-c3cc(N)ccn3)n(C)c12. The molecule has 2 aromatic heterocycles. The van der Waals surface area contributed by atoms with Crippen LogP contribution in [0.2, 0.25) is 0 Å². The number of nitrogen functional groups attached to an aromatic ring is 1. The minimum Gasteiger partial charge on any atom is -0.399 e. The number of hydrogen-bond acceptors (Lipinski definition) is 2. The van der Waals surface area contributed by atoms with Gasteiger partial charge in [-0.15, -0.1) is 0 Å². The highest BCUT2D eigenvalue weighted by Gasteiger charge is 2.10. The molecule has 0 fully saturated rings. The molecule has 1 aromatic carbocycles. The van der Waals surface area contributed by atoms with E-state index in [1.54, 1.807) is 12.3 Å². The smallest absolute Gasteiger partial charge is 0.0887 e. The number of aromatic nitrogens is 2. The fraction of sp³-hybridized carbons (Fsp3) is 0.133. The first-order chi connectivity index (χ1) is 8.66. The van der Waals surface area contributed by atoms with Gasteiger partial charge in [-0.1, -0.05) is 18.2 Å². The Balaban J connectivity index is 2.31. The molecular weight excluding hydrogens is 222 g/mol. The molecule has 0 aliphatic carbocycles. The van der Waals surface area contributed by atoms with Crippen molar-refractivity contribution < 1.29 is 0 Å². The topological polar surface area (TPSA) is 43.8 Å². The van der Waals surface area contributed by atoms with Crippen molar-refractivity contribution in [2.45, 2.75) is 6.92 Å². The second-order valence-corrected chi connectivity index (χ2v) is 4.58. The maximum Gasteiger partial charge on any atom is 0.0887 e. The molecule has 3 rings (SSSR count). The first-order valence-corrected chi connectivity index (χ1v) is 5.94. The monoisotopic (exact) mass is 237 g/mol. The van der Waals surface area contributed by atoms with Crippen LogP contribution in [0.4, 0.5) is 5.69 Å². The van der Waals surface area contributed by atoms with Crippen molar-refractivity contribution in [3.63, 3.8) is 0 Å². The summed E-state index contributed by atoms with van der Waals surface area (Å²) in [4.78, 5) is 4.39. The van der Waals surface area contributed by atoms with E-state index in [-0.39, 0.29) is 0 Å². The van der Waals surface area contributed by atoms with E-state index in [0.717, 1.165) is 17.1 Å². The Kier molecular flexibility index (Phi) is 2.33. The summed E-state index contributed by atoms with van der Waals surface area (Å²) in [6, 6.07) is 12.2. The van der Waals surface area contributed by atoms with E-state index in [4.69, 9.17) is 5.73 Å². The molecular formula is C15H15N3. The molecule has 3 heteroatoms. The first-order valence-electron chi connectivity index (χ1n) is 5.94. The Morgan fingerprint density at radius 2 is 2.00 bits per heavy atom. The third-order valence-electron chi connectivity index (χ3n) is 3.30. The molecule has 3 aromatic rings. The standard InChI is InChI=1S/C15H15N3/c1-10-4-3-5-11-8-14(18(2)15(10)11)13-9-12(16)6-7-17-13/h3-9H,1-2H3,(H2,16,17). The van der Waals surface area contributed by atoms with Crippen LogP contribution in [-0.2, 0) is 7.05 Å². The van der Waals surface area contributed by atoms with Gasteiger partial charge in [0.25, 0.3) is 0 Å². The molecule has 0 amide bonds. The minimum atomic E-state index is 0.738. The Morgan fingerprint density at radius 1 is 1.17 bits per heavy atom. The number of nitrogens with zero attached hydrogens (tertiary/aromatic N) is 2. The second kappa shape index (κ2) is 3.88. The van der Waals surface area contributed by atoms with Crippen molar-refractivity contribution in [3.8, 4) is 11.4 Å². The van der Waals surface area contributed by atoms with E-state index in [0.29, 0.717) is 0 Å². The third kappa shape index (κ3) is 1.56. The number of para-hydroxylation sites is 1. The lowest BCUT2D eigenvalue weighted by Gasteiger charge is -2.05. The van der Waals surface area contributed by atoms with Crippen molar-refractivity contribution in [3.05, 3.63) is 48.2 Å². The quantitative estimate of drug-likeness (QED) is 0.706. The largest absolute Gasteiger partial charge is 0.399 e. The molecule has 0 saturated carbocycles. The fourth-order valence-corrected chi connectivity index (χ4v) is 2.45. The average molecular weight is 237 g/mol. The third-order valence-corrected chi connectivity index (χ3v) is 3.30. The number of aryl methyl sites for hydroxylation is 2. The van der Waals surface area contributed by atoms with Gasteiger partial charge in [0.1, 0.15) is 0 Å². The summed E-state index contributed by atoms with van der Waals surface area (Å²) < 4.78 is 2.17. The van der Waals surface area contributed by atoms with Crippen molar-refractivity contribution in [2.75, 3.05) is 5.73 Å². The van der Waals surface area contributed by atoms with Crippen LogP contribution in [0.15, 0.2) is 42.6 Å². The summed E-state index contributed by atoms with van der Waals surface area (Å²) in [5.41, 5.74) is 11.1. The number of rotatable bonds is 1. The number of hydrogen-bond donors (Lipinski definition) is 1. The number of nitrogens with two attached hydrogens (primary N) is 1. The highest BCUT2D eigenvalue weighted by molar-refractivity contribution is 5.88. The lowest BCUT2D eigenvalue weighted by molar-refractivity contribution is 0.966. The van der Waals surface area contributed by atoms with Gasteiger partial charge >= 0.3 is 0 Å². The molecule has 0 radical (unpaired) electrons. The van der Waals surface area contributed by atoms with Gasteiger partial charge in [0, 0.05) is 24.3 Å². The Labute approximate surface area is 106 Å². The van der Waals surface area contributed by atoms with Crippen LogP contribution in [0, 0.1) is 6.92 Å². The van der Waals surface area contributed by atoms with Crippen LogP contribution in [0.1, 0.15) is 5.56 Å². The van der Waals surface area contributed by atoms with Crippen molar-refractivity contribution in [2.24, 2.45) is 7.05 Å². The van der Waals surface area contributed by atoms with Crippen LogP contribution < -0.4 is 5.73 Å². The van der Waals surface area contributed by atoms with E-state index < -0.39 is 0 Å². The van der Waals surface area contributed by atoms with Crippen LogP contribution in [0.3, 0.4) is 0 Å². The van der Waals surface area contributed by atoms with Crippen molar-refractivity contribution >= 4 is 16.6 Å². The van der Waals surface area contributed by atoms with Crippen LogP contribution >= 0.6 is 0 Å². The van der Waals surface area contributed by atoms with Gasteiger partial charge < -0.3 is 10.3 Å². The molecule has 0 aliphatic rings. The Hall–Kier alpha value is -2.29. The Morgan fingerprint density at radius 3 is 2.72 bits per heavy atom. The molecule has 2 heterocycles. The zero-order valence-electron chi connectivity index (χ0n) is 10.5. The molecule has 18 heavy (non-hydrogen) atoms. The predicted octanol–water partition coefficient (Wildman–Crippen LogP) is 3.13. The highest BCUT2D eigenvalue weighted by Crippen LogP contribution is 2.28. The fourth-order valence-electron chi connectivity index (χ4n) is 2.45. The average Bonchev–Trinajstić information content (AvgIpc) is 2.68. The summed E-state index contributed by atoms with van der Waals surface area (Å²) in [6.45, 7) is 2.12. The summed E-state index contributed by atoms with van der Waals surface area (Å²) in [7, 11) is 2.07. The van der Waals surface area contributed by atoms with Gasteiger partial charge in [-0.25, -0.2) is 0 Å². The predicted molar refractivity (Wildman–Crippen MR) is 75.3 cm³/mol. The van der Waals surface area contributed by atoms with E-state index >= 15 is 0 Å². The van der Waals surface area contributed by atoms with Crippen molar-refractivity contribution in [1.82, 2.24) is 9.55 Å². The summed E-state index contributed by atoms with van der Waals surface area (Å²) in [5.74, 6) is 0. The first kappa shape index (κ1) is 10.8. The molecule has 0 atom stereocenters. The van der Waals surface area contributed by atoms with Gasteiger partial charge in [0.2, 0.25) is 0 Å². The van der Waals surface area contributed by atoms with E-state index in [9.17, 15) is 0 Å². The zero-order chi connectivity index (χ0) is 12.7. The molecule has 0 spiro atoms. The molecule has 2 N–H and O–H groups in total. The number of fused-ring (bicyclic) bond motifs is 1. The van der Waals surface area contributed by atoms with Gasteiger partial charge in [-0.3, -0.25) is 4.98 Å². The maximum absolute atomic E-state index is 5.82. The number of benzene rings is 1.